The van der Waals surface area contributed by atoms with Crippen LogP contribution < -0.4 is 5.32 Å². The number of carbonyl (C=O) groups is 1. The van der Waals surface area contributed by atoms with Gasteiger partial charge in [-0.3, -0.25) is 0 Å². The van der Waals surface area contributed by atoms with Crippen molar-refractivity contribution in [3.63, 3.8) is 0 Å². The first-order valence-corrected chi connectivity index (χ1v) is 5.77. The smallest absolute Gasteiger partial charge is 0.339 e. The van der Waals surface area contributed by atoms with E-state index in [2.05, 4.69) is 10.3 Å². The summed E-state index contributed by atoms with van der Waals surface area (Å²) in [6, 6.07) is 8.00. The Balaban J connectivity index is 2.50. The van der Waals surface area contributed by atoms with Crippen LogP contribution in [0, 0.1) is 0 Å². The lowest BCUT2D eigenvalue weighted by atomic mass is 10.1. The maximum Gasteiger partial charge on any atom is 0.339 e. The Morgan fingerprint density at radius 1 is 1.26 bits per heavy atom. The van der Waals surface area contributed by atoms with Crippen LogP contribution in [0.25, 0.3) is 10.9 Å². The third kappa shape index (κ3) is 2.81. The molecular weight excluding hydrogens is 248 g/mol. The Kier molecular flexibility index (Phi) is 3.94. The normalized spacial score (nSPS) is 10.9. The molecule has 1 aromatic heterocycles. The molecule has 2 aromatic rings. The van der Waals surface area contributed by atoms with Gasteiger partial charge in [-0.25, -0.2) is 9.78 Å². The number of aromatic carboxylic acids is 1. The molecule has 4 N–H and O–H groups in total. The molecule has 0 unspecified atom stereocenters. The minimum Gasteiger partial charge on any atom is -0.478 e. The van der Waals surface area contributed by atoms with Crippen LogP contribution in [0.5, 0.6) is 0 Å². The van der Waals surface area contributed by atoms with Gasteiger partial charge in [-0.05, 0) is 12.1 Å². The van der Waals surface area contributed by atoms with Gasteiger partial charge >= 0.3 is 5.97 Å². The van der Waals surface area contributed by atoms with Crippen LogP contribution >= 0.6 is 0 Å². The van der Waals surface area contributed by atoms with Crippen molar-refractivity contribution in [2.75, 3.05) is 18.5 Å². The first-order valence-electron chi connectivity index (χ1n) is 5.77. The molecule has 100 valence electrons. The van der Waals surface area contributed by atoms with Gasteiger partial charge in [-0.15, -0.1) is 0 Å². The number of aliphatic hydroxyl groups excluding tert-OH is 2. The Morgan fingerprint density at radius 2 is 1.95 bits per heavy atom. The number of nitrogens with zero attached hydrogens (tertiary/aromatic N) is 1. The number of rotatable bonds is 5. The number of nitrogens with one attached hydrogen (secondary N) is 1. The summed E-state index contributed by atoms with van der Waals surface area (Å²) in [7, 11) is 0. The van der Waals surface area contributed by atoms with Gasteiger partial charge in [0, 0.05) is 5.39 Å². The van der Waals surface area contributed by atoms with Gasteiger partial charge in [0.1, 0.15) is 11.4 Å². The number of fused-ring (bicyclic) bond motifs is 1. The number of anilines is 1. The lowest BCUT2D eigenvalue weighted by Gasteiger charge is -2.16. The van der Waals surface area contributed by atoms with E-state index in [0.29, 0.717) is 5.52 Å². The van der Waals surface area contributed by atoms with Crippen LogP contribution in [-0.4, -0.2) is 45.5 Å². The zero-order chi connectivity index (χ0) is 13.8. The van der Waals surface area contributed by atoms with E-state index in [-0.39, 0.29) is 24.6 Å². The predicted octanol–water partition coefficient (Wildman–Crippen LogP) is 0.698. The van der Waals surface area contributed by atoms with Crippen molar-refractivity contribution >= 4 is 22.7 Å². The van der Waals surface area contributed by atoms with Gasteiger partial charge in [0.2, 0.25) is 0 Å². The number of pyridine rings is 1. The van der Waals surface area contributed by atoms with E-state index in [1.807, 2.05) is 0 Å². The highest BCUT2D eigenvalue weighted by atomic mass is 16.4. The molecule has 0 radical (unpaired) electrons. The standard InChI is InChI=1S/C13H14N2O4/c16-6-9(7-17)14-12-10(13(18)19)5-8-3-1-2-4-11(8)15-12/h1-5,9,16-17H,6-7H2,(H,14,15)(H,18,19). The molecule has 0 saturated heterocycles. The number of carboxylic acid groups (broad SMARTS) is 1. The monoisotopic (exact) mass is 262 g/mol. The number of aliphatic hydroxyl groups is 2. The molecule has 0 amide bonds. The van der Waals surface area contributed by atoms with Crippen LogP contribution in [0.15, 0.2) is 30.3 Å². The number of benzene rings is 1. The summed E-state index contributed by atoms with van der Waals surface area (Å²) in [5, 5.41) is 30.7. The second-order valence-electron chi connectivity index (χ2n) is 4.09. The highest BCUT2D eigenvalue weighted by Gasteiger charge is 2.16. The molecule has 2 rings (SSSR count). The molecule has 0 aliphatic carbocycles. The van der Waals surface area contributed by atoms with Crippen LogP contribution in [0.2, 0.25) is 0 Å². The summed E-state index contributed by atoms with van der Waals surface area (Å²) in [6.07, 6.45) is 0. The Hall–Kier alpha value is -2.18. The molecular formula is C13H14N2O4. The van der Waals surface area contributed by atoms with E-state index in [0.717, 1.165) is 5.39 Å². The second kappa shape index (κ2) is 5.64. The van der Waals surface area contributed by atoms with Crippen molar-refractivity contribution in [1.82, 2.24) is 4.98 Å². The fraction of sp³-hybridized carbons (Fsp3) is 0.231. The van der Waals surface area contributed by atoms with Gasteiger partial charge in [0.05, 0.1) is 24.8 Å². The highest BCUT2D eigenvalue weighted by molar-refractivity contribution is 5.98. The van der Waals surface area contributed by atoms with Crippen molar-refractivity contribution in [2.24, 2.45) is 0 Å². The minimum absolute atomic E-state index is 0.00519. The predicted molar refractivity (Wildman–Crippen MR) is 70.3 cm³/mol. The molecule has 1 aromatic carbocycles. The van der Waals surface area contributed by atoms with Gasteiger partial charge in [-0.1, -0.05) is 18.2 Å². The van der Waals surface area contributed by atoms with E-state index in [4.69, 9.17) is 10.2 Å². The topological polar surface area (TPSA) is 103 Å². The molecule has 0 bridgehead atoms. The van der Waals surface area contributed by atoms with Crippen molar-refractivity contribution in [3.05, 3.63) is 35.9 Å². The Bertz CT molecular complexity index is 596. The van der Waals surface area contributed by atoms with Crippen molar-refractivity contribution in [1.29, 1.82) is 0 Å². The molecule has 0 atom stereocenters. The van der Waals surface area contributed by atoms with Gasteiger partial charge < -0.3 is 20.6 Å². The van der Waals surface area contributed by atoms with Gasteiger partial charge in [0.15, 0.2) is 0 Å². The van der Waals surface area contributed by atoms with Gasteiger partial charge in [0.25, 0.3) is 0 Å². The van der Waals surface area contributed by atoms with E-state index >= 15 is 0 Å². The molecule has 0 spiro atoms. The first-order chi connectivity index (χ1) is 9.15. The van der Waals surface area contributed by atoms with Crippen molar-refractivity contribution in [2.45, 2.75) is 6.04 Å². The lowest BCUT2D eigenvalue weighted by Crippen LogP contribution is -2.29. The Morgan fingerprint density at radius 3 is 2.58 bits per heavy atom. The quantitative estimate of drug-likeness (QED) is 0.632. The number of aromatic nitrogens is 1. The number of hydrogen-bond donors (Lipinski definition) is 4. The lowest BCUT2D eigenvalue weighted by molar-refractivity contribution is 0.0697. The second-order valence-corrected chi connectivity index (χ2v) is 4.09. The molecule has 19 heavy (non-hydrogen) atoms. The summed E-state index contributed by atoms with van der Waals surface area (Å²) in [4.78, 5) is 15.4. The molecule has 0 aliphatic heterocycles. The SMILES string of the molecule is O=C(O)c1cc2ccccc2nc1NC(CO)CO. The fourth-order valence-corrected chi connectivity index (χ4v) is 1.73. The Labute approximate surface area is 109 Å². The summed E-state index contributed by atoms with van der Waals surface area (Å²) in [5.41, 5.74) is 0.648. The number of para-hydroxylation sites is 1. The van der Waals surface area contributed by atoms with E-state index in [1.54, 1.807) is 24.3 Å². The maximum absolute atomic E-state index is 11.2. The van der Waals surface area contributed by atoms with Crippen molar-refractivity contribution in [3.8, 4) is 0 Å². The average molecular weight is 262 g/mol. The zero-order valence-corrected chi connectivity index (χ0v) is 10.1. The molecule has 6 nitrogen and oxygen atoms in total. The van der Waals surface area contributed by atoms with Gasteiger partial charge in [-0.2, -0.15) is 0 Å². The minimum atomic E-state index is -1.12. The highest BCUT2D eigenvalue weighted by Crippen LogP contribution is 2.21. The molecule has 0 fully saturated rings. The van der Waals surface area contributed by atoms with Crippen LogP contribution in [-0.2, 0) is 0 Å². The third-order valence-electron chi connectivity index (χ3n) is 2.74. The van der Waals surface area contributed by atoms with E-state index in [9.17, 15) is 9.90 Å². The fourth-order valence-electron chi connectivity index (χ4n) is 1.73. The van der Waals surface area contributed by atoms with E-state index in [1.165, 1.54) is 6.07 Å². The number of carboxylic acids is 1. The summed E-state index contributed by atoms with van der Waals surface area (Å²) in [5.74, 6) is -0.977. The van der Waals surface area contributed by atoms with Crippen molar-refractivity contribution < 1.29 is 20.1 Å². The summed E-state index contributed by atoms with van der Waals surface area (Å²) >= 11 is 0. The third-order valence-corrected chi connectivity index (χ3v) is 2.74. The molecule has 6 heteroatoms. The summed E-state index contributed by atoms with van der Waals surface area (Å²) in [6.45, 7) is -0.631. The van der Waals surface area contributed by atoms with Crippen LogP contribution in [0.3, 0.4) is 0 Å². The molecule has 1 heterocycles. The average Bonchev–Trinajstić information content (AvgIpc) is 2.43. The molecule has 0 aliphatic rings. The maximum atomic E-state index is 11.2. The van der Waals surface area contributed by atoms with E-state index < -0.39 is 12.0 Å². The first kappa shape index (κ1) is 13.3. The largest absolute Gasteiger partial charge is 0.478 e. The molecule has 0 saturated carbocycles. The summed E-state index contributed by atoms with van der Waals surface area (Å²) < 4.78 is 0. The van der Waals surface area contributed by atoms with Crippen LogP contribution in [0.4, 0.5) is 5.82 Å². The number of hydrogen-bond acceptors (Lipinski definition) is 5. The zero-order valence-electron chi connectivity index (χ0n) is 10.1. The van der Waals surface area contributed by atoms with Crippen LogP contribution in [0.1, 0.15) is 10.4 Å².